The summed E-state index contributed by atoms with van der Waals surface area (Å²) >= 11 is 5.50. The molecule has 1 aliphatic carbocycles. The summed E-state index contributed by atoms with van der Waals surface area (Å²) in [5, 5.41) is 8.77. The number of aromatic carboxylic acids is 1. The van der Waals surface area contributed by atoms with E-state index in [1.54, 1.807) is 0 Å². The Hall–Kier alpha value is -1.36. The lowest BCUT2D eigenvalue weighted by Crippen LogP contribution is -2.27. The van der Waals surface area contributed by atoms with E-state index in [0.717, 1.165) is 12.8 Å². The number of aromatic nitrogens is 2. The number of rotatable bonds is 2. The molecule has 0 amide bonds. The van der Waals surface area contributed by atoms with E-state index in [0.29, 0.717) is 0 Å². The molecule has 0 spiro atoms. The number of nitrogens with zero attached hydrogens (tertiary/aromatic N) is 2. The minimum atomic E-state index is -1.15. The first-order valence-corrected chi connectivity index (χ1v) is 4.50. The molecule has 5 nitrogen and oxygen atoms in total. The molecule has 0 atom stereocenters. The molecular weight excluding hydrogens is 208 g/mol. The van der Waals surface area contributed by atoms with Gasteiger partial charge in [-0.25, -0.2) is 9.59 Å². The summed E-state index contributed by atoms with van der Waals surface area (Å²) in [5.74, 6) is -1.15. The van der Waals surface area contributed by atoms with Gasteiger partial charge in [-0.3, -0.25) is 4.57 Å². The van der Waals surface area contributed by atoms with Gasteiger partial charge in [-0.05, 0) is 12.8 Å². The first-order valence-electron chi connectivity index (χ1n) is 4.12. The molecule has 0 bridgehead atoms. The van der Waals surface area contributed by atoms with Crippen molar-refractivity contribution in [3.8, 4) is 0 Å². The predicted octanol–water partition coefficient (Wildman–Crippen LogP) is 0.930. The van der Waals surface area contributed by atoms with Crippen LogP contribution >= 0.6 is 11.6 Å². The van der Waals surface area contributed by atoms with Crippen molar-refractivity contribution in [2.24, 2.45) is 0 Å². The minimum Gasteiger partial charge on any atom is -0.477 e. The SMILES string of the molecule is O=C(O)c1cc(Cl)nc(=O)n1C1CC1. The summed E-state index contributed by atoms with van der Waals surface area (Å²) in [4.78, 5) is 25.7. The Morgan fingerprint density at radius 3 is 2.79 bits per heavy atom. The van der Waals surface area contributed by atoms with Crippen molar-refractivity contribution in [2.75, 3.05) is 0 Å². The van der Waals surface area contributed by atoms with Crippen LogP contribution in [0.2, 0.25) is 5.15 Å². The zero-order valence-corrected chi connectivity index (χ0v) is 7.86. The molecule has 0 saturated heterocycles. The van der Waals surface area contributed by atoms with E-state index >= 15 is 0 Å². The Morgan fingerprint density at radius 2 is 2.29 bits per heavy atom. The topological polar surface area (TPSA) is 72.2 Å². The van der Waals surface area contributed by atoms with Gasteiger partial charge in [0.1, 0.15) is 10.8 Å². The van der Waals surface area contributed by atoms with E-state index < -0.39 is 11.7 Å². The molecule has 6 heteroatoms. The molecule has 1 fully saturated rings. The van der Waals surface area contributed by atoms with Gasteiger partial charge in [-0.2, -0.15) is 4.98 Å². The van der Waals surface area contributed by atoms with Crippen LogP contribution in [0.4, 0.5) is 0 Å². The molecule has 2 rings (SSSR count). The van der Waals surface area contributed by atoms with E-state index in [9.17, 15) is 9.59 Å². The molecule has 0 aliphatic heterocycles. The zero-order valence-electron chi connectivity index (χ0n) is 7.11. The van der Waals surface area contributed by atoms with E-state index in [-0.39, 0.29) is 16.9 Å². The normalized spacial score (nSPS) is 15.5. The van der Waals surface area contributed by atoms with Crippen LogP contribution in [0.15, 0.2) is 10.9 Å². The monoisotopic (exact) mass is 214 g/mol. The fourth-order valence-corrected chi connectivity index (χ4v) is 1.49. The first-order chi connectivity index (χ1) is 6.59. The average molecular weight is 215 g/mol. The summed E-state index contributed by atoms with van der Waals surface area (Å²) < 4.78 is 1.19. The van der Waals surface area contributed by atoms with E-state index in [4.69, 9.17) is 16.7 Å². The third-order valence-corrected chi connectivity index (χ3v) is 2.25. The van der Waals surface area contributed by atoms with E-state index in [1.165, 1.54) is 10.6 Å². The van der Waals surface area contributed by atoms with Crippen LogP contribution in [0.3, 0.4) is 0 Å². The van der Waals surface area contributed by atoms with E-state index in [2.05, 4.69) is 4.98 Å². The lowest BCUT2D eigenvalue weighted by Gasteiger charge is -2.06. The van der Waals surface area contributed by atoms with Gasteiger partial charge in [0.2, 0.25) is 0 Å². The maximum absolute atomic E-state index is 11.4. The van der Waals surface area contributed by atoms with E-state index in [1.807, 2.05) is 0 Å². The van der Waals surface area contributed by atoms with Crippen LogP contribution < -0.4 is 5.69 Å². The number of hydrogen-bond donors (Lipinski definition) is 1. The molecule has 1 aromatic heterocycles. The van der Waals surface area contributed by atoms with Gasteiger partial charge in [-0.1, -0.05) is 11.6 Å². The van der Waals surface area contributed by atoms with Crippen LogP contribution in [-0.4, -0.2) is 20.6 Å². The molecule has 1 aromatic rings. The Kier molecular flexibility index (Phi) is 2.03. The number of carboxylic acid groups (broad SMARTS) is 1. The highest BCUT2D eigenvalue weighted by Crippen LogP contribution is 2.34. The molecular formula is C8H7ClN2O3. The molecule has 0 unspecified atom stereocenters. The van der Waals surface area contributed by atoms with Gasteiger partial charge < -0.3 is 5.11 Å². The van der Waals surface area contributed by atoms with Crippen molar-refractivity contribution in [2.45, 2.75) is 18.9 Å². The second-order valence-corrected chi connectivity index (χ2v) is 3.54. The zero-order chi connectivity index (χ0) is 10.3. The Morgan fingerprint density at radius 1 is 1.64 bits per heavy atom. The van der Waals surface area contributed by atoms with Crippen molar-refractivity contribution in [3.63, 3.8) is 0 Å². The van der Waals surface area contributed by atoms with Crippen LogP contribution in [0, 0.1) is 0 Å². The number of carboxylic acids is 1. The summed E-state index contributed by atoms with van der Waals surface area (Å²) in [6.07, 6.45) is 1.65. The highest BCUT2D eigenvalue weighted by atomic mass is 35.5. The highest BCUT2D eigenvalue weighted by molar-refractivity contribution is 6.29. The minimum absolute atomic E-state index is 0.0154. The summed E-state index contributed by atoms with van der Waals surface area (Å²) in [6, 6.07) is 1.18. The standard InChI is InChI=1S/C8H7ClN2O3/c9-6-3-5(7(12)13)11(4-1-2-4)8(14)10-6/h3-4H,1-2H2,(H,12,13). The number of carbonyl (C=O) groups is 1. The second-order valence-electron chi connectivity index (χ2n) is 3.15. The smallest absolute Gasteiger partial charge is 0.352 e. The largest absolute Gasteiger partial charge is 0.477 e. The number of hydrogen-bond acceptors (Lipinski definition) is 3. The quantitative estimate of drug-likeness (QED) is 0.744. The van der Waals surface area contributed by atoms with Gasteiger partial charge in [0, 0.05) is 12.1 Å². The second kappa shape index (κ2) is 3.09. The van der Waals surface area contributed by atoms with Crippen molar-refractivity contribution in [3.05, 3.63) is 27.4 Å². The molecule has 0 aromatic carbocycles. The number of halogens is 1. The first kappa shape index (κ1) is 9.21. The van der Waals surface area contributed by atoms with Gasteiger partial charge in [0.25, 0.3) is 0 Å². The van der Waals surface area contributed by atoms with Crippen LogP contribution in [0.25, 0.3) is 0 Å². The van der Waals surface area contributed by atoms with Gasteiger partial charge >= 0.3 is 11.7 Å². The lowest BCUT2D eigenvalue weighted by atomic mass is 10.4. The maximum Gasteiger partial charge on any atom is 0.352 e. The average Bonchev–Trinajstić information content (AvgIpc) is 2.85. The third-order valence-electron chi connectivity index (χ3n) is 2.06. The van der Waals surface area contributed by atoms with Gasteiger partial charge in [0.05, 0.1) is 0 Å². The molecule has 1 aliphatic rings. The Labute approximate surface area is 84.0 Å². The third kappa shape index (κ3) is 1.50. The fraction of sp³-hybridized carbons (Fsp3) is 0.375. The van der Waals surface area contributed by atoms with Gasteiger partial charge in [0.15, 0.2) is 0 Å². The molecule has 1 heterocycles. The van der Waals surface area contributed by atoms with Crippen molar-refractivity contribution in [1.29, 1.82) is 0 Å². The van der Waals surface area contributed by atoms with Crippen LogP contribution in [0.1, 0.15) is 29.4 Å². The van der Waals surface area contributed by atoms with Crippen molar-refractivity contribution < 1.29 is 9.90 Å². The van der Waals surface area contributed by atoms with Crippen LogP contribution in [-0.2, 0) is 0 Å². The molecule has 14 heavy (non-hydrogen) atoms. The molecule has 74 valence electrons. The maximum atomic E-state index is 11.4. The molecule has 0 radical (unpaired) electrons. The Balaban J connectivity index is 2.65. The Bertz CT molecular complexity index is 450. The van der Waals surface area contributed by atoms with Crippen molar-refractivity contribution in [1.82, 2.24) is 9.55 Å². The fourth-order valence-electron chi connectivity index (χ4n) is 1.31. The van der Waals surface area contributed by atoms with Gasteiger partial charge in [-0.15, -0.1) is 0 Å². The predicted molar refractivity (Wildman–Crippen MR) is 48.7 cm³/mol. The van der Waals surface area contributed by atoms with Crippen molar-refractivity contribution >= 4 is 17.6 Å². The summed E-state index contributed by atoms with van der Waals surface area (Å²) in [7, 11) is 0. The summed E-state index contributed by atoms with van der Waals surface area (Å²) in [5.41, 5.74) is -0.671. The highest BCUT2D eigenvalue weighted by Gasteiger charge is 2.29. The van der Waals surface area contributed by atoms with Crippen LogP contribution in [0.5, 0.6) is 0 Å². The molecule has 1 saturated carbocycles. The lowest BCUT2D eigenvalue weighted by molar-refractivity contribution is 0.0682. The molecule has 1 N–H and O–H groups in total. The summed E-state index contributed by atoms with van der Waals surface area (Å²) in [6.45, 7) is 0.